The average Bonchev–Trinajstić information content (AvgIpc) is 3.05. The van der Waals surface area contributed by atoms with Gasteiger partial charge in [-0.1, -0.05) is 37.1 Å². The molecule has 100 valence electrons. The fourth-order valence-electron chi connectivity index (χ4n) is 2.32. The van der Waals surface area contributed by atoms with Gasteiger partial charge < -0.3 is 4.72 Å². The van der Waals surface area contributed by atoms with Crippen LogP contribution in [0.4, 0.5) is 0 Å². The molecule has 5 heteroatoms. The lowest BCUT2D eigenvalue weighted by molar-refractivity contribution is -0.120. The number of hydrogen-bond acceptors (Lipinski definition) is 3. The number of benzene rings is 1. The minimum Gasteiger partial charge on any atom is -0.302 e. The van der Waals surface area contributed by atoms with E-state index in [1.54, 1.807) is 12.4 Å². The molecule has 2 aromatic rings. The SMILES string of the molecule is O=C(NS)C1CCCc2ccccc21.c1cn[nH]c1. The lowest BCUT2D eigenvalue weighted by Gasteiger charge is -2.23. The van der Waals surface area contributed by atoms with Gasteiger partial charge in [-0.05, 0) is 36.5 Å². The van der Waals surface area contributed by atoms with Gasteiger partial charge >= 0.3 is 0 Å². The zero-order valence-electron chi connectivity index (χ0n) is 10.5. The molecule has 1 aliphatic rings. The van der Waals surface area contributed by atoms with E-state index in [0.29, 0.717) is 0 Å². The van der Waals surface area contributed by atoms with E-state index in [2.05, 4.69) is 33.8 Å². The first-order valence-corrected chi connectivity index (χ1v) is 6.73. The molecule has 0 saturated heterocycles. The molecule has 3 rings (SSSR count). The molecule has 0 bridgehead atoms. The zero-order valence-corrected chi connectivity index (χ0v) is 11.4. The smallest absolute Gasteiger partial charge is 0.237 e. The van der Waals surface area contributed by atoms with E-state index in [4.69, 9.17) is 0 Å². The van der Waals surface area contributed by atoms with Crippen molar-refractivity contribution in [2.45, 2.75) is 25.2 Å². The number of nitrogens with one attached hydrogen (secondary N) is 2. The van der Waals surface area contributed by atoms with Crippen LogP contribution < -0.4 is 4.72 Å². The summed E-state index contributed by atoms with van der Waals surface area (Å²) in [6.07, 6.45) is 6.57. The first kappa shape index (κ1) is 13.7. The molecule has 1 heterocycles. The van der Waals surface area contributed by atoms with Gasteiger partial charge in [0.15, 0.2) is 0 Å². The highest BCUT2D eigenvalue weighted by Gasteiger charge is 2.25. The monoisotopic (exact) mass is 275 g/mol. The van der Waals surface area contributed by atoms with Crippen LogP contribution in [0.2, 0.25) is 0 Å². The van der Waals surface area contributed by atoms with Crippen LogP contribution in [0.5, 0.6) is 0 Å². The number of rotatable bonds is 1. The van der Waals surface area contributed by atoms with Gasteiger partial charge in [-0.25, -0.2) is 0 Å². The van der Waals surface area contributed by atoms with Gasteiger partial charge in [-0.15, -0.1) is 0 Å². The van der Waals surface area contributed by atoms with Gasteiger partial charge in [-0.2, -0.15) is 5.10 Å². The number of H-pyrrole nitrogens is 1. The number of nitrogens with zero attached hydrogens (tertiary/aromatic N) is 1. The van der Waals surface area contributed by atoms with E-state index in [-0.39, 0.29) is 11.8 Å². The summed E-state index contributed by atoms with van der Waals surface area (Å²) in [6, 6.07) is 10.00. The summed E-state index contributed by atoms with van der Waals surface area (Å²) < 4.78 is 2.43. The van der Waals surface area contributed by atoms with Gasteiger partial charge in [-0.3, -0.25) is 9.89 Å². The predicted molar refractivity (Wildman–Crippen MR) is 77.8 cm³/mol. The molecule has 0 radical (unpaired) electrons. The molecule has 1 aromatic carbocycles. The van der Waals surface area contributed by atoms with Crippen molar-refractivity contribution in [3.63, 3.8) is 0 Å². The van der Waals surface area contributed by atoms with E-state index in [1.807, 2.05) is 24.3 Å². The quantitative estimate of drug-likeness (QED) is 0.700. The van der Waals surface area contributed by atoms with Crippen LogP contribution in [0.1, 0.15) is 29.9 Å². The molecule has 0 saturated carbocycles. The van der Waals surface area contributed by atoms with E-state index in [9.17, 15) is 4.79 Å². The topological polar surface area (TPSA) is 57.8 Å². The van der Waals surface area contributed by atoms with Crippen molar-refractivity contribution in [2.24, 2.45) is 0 Å². The molecular weight excluding hydrogens is 258 g/mol. The van der Waals surface area contributed by atoms with Crippen molar-refractivity contribution in [2.75, 3.05) is 0 Å². The van der Waals surface area contributed by atoms with Crippen LogP contribution in [0.25, 0.3) is 0 Å². The summed E-state index contributed by atoms with van der Waals surface area (Å²) in [7, 11) is 0. The highest BCUT2D eigenvalue weighted by molar-refractivity contribution is 7.78. The molecule has 1 amide bonds. The van der Waals surface area contributed by atoms with Gasteiger partial charge in [0.1, 0.15) is 0 Å². The Morgan fingerprint density at radius 2 is 2.21 bits per heavy atom. The highest BCUT2D eigenvalue weighted by Crippen LogP contribution is 2.31. The largest absolute Gasteiger partial charge is 0.302 e. The van der Waals surface area contributed by atoms with Crippen LogP contribution >= 0.6 is 12.8 Å². The van der Waals surface area contributed by atoms with E-state index < -0.39 is 0 Å². The maximum atomic E-state index is 11.5. The van der Waals surface area contributed by atoms with Gasteiger partial charge in [0.25, 0.3) is 0 Å². The Hall–Kier alpha value is -1.75. The van der Waals surface area contributed by atoms with Gasteiger partial charge in [0.05, 0.1) is 5.92 Å². The lowest BCUT2D eigenvalue weighted by atomic mass is 9.82. The Kier molecular flexibility index (Phi) is 5.03. The minimum absolute atomic E-state index is 0.00236. The maximum Gasteiger partial charge on any atom is 0.237 e. The number of amides is 1. The second-order valence-electron chi connectivity index (χ2n) is 4.39. The van der Waals surface area contributed by atoms with Crippen molar-refractivity contribution in [3.05, 3.63) is 53.9 Å². The van der Waals surface area contributed by atoms with Crippen LogP contribution in [0.3, 0.4) is 0 Å². The van der Waals surface area contributed by atoms with Crippen molar-refractivity contribution in [1.29, 1.82) is 0 Å². The summed E-state index contributed by atoms with van der Waals surface area (Å²) in [5, 5.41) is 6.21. The fraction of sp³-hybridized carbons (Fsp3) is 0.286. The summed E-state index contributed by atoms with van der Waals surface area (Å²) in [4.78, 5) is 11.5. The molecule has 19 heavy (non-hydrogen) atoms. The molecule has 0 aliphatic heterocycles. The number of aromatic nitrogens is 2. The third-order valence-electron chi connectivity index (χ3n) is 3.20. The van der Waals surface area contributed by atoms with Gasteiger partial charge in [0.2, 0.25) is 5.91 Å². The number of fused-ring (bicyclic) bond motifs is 1. The summed E-state index contributed by atoms with van der Waals surface area (Å²) >= 11 is 3.82. The van der Waals surface area contributed by atoms with Crippen molar-refractivity contribution in [1.82, 2.24) is 14.9 Å². The lowest BCUT2D eigenvalue weighted by Crippen LogP contribution is -2.25. The Labute approximate surface area is 118 Å². The second-order valence-corrected chi connectivity index (χ2v) is 4.61. The molecule has 0 fully saturated rings. The summed E-state index contributed by atoms with van der Waals surface area (Å²) in [5.74, 6) is 0.0120. The van der Waals surface area contributed by atoms with E-state index >= 15 is 0 Å². The molecule has 1 atom stereocenters. The van der Waals surface area contributed by atoms with Crippen LogP contribution in [0.15, 0.2) is 42.7 Å². The Morgan fingerprint density at radius 3 is 2.84 bits per heavy atom. The third kappa shape index (κ3) is 3.61. The Morgan fingerprint density at radius 1 is 1.37 bits per heavy atom. The van der Waals surface area contributed by atoms with Crippen molar-refractivity contribution in [3.8, 4) is 0 Å². The van der Waals surface area contributed by atoms with Crippen LogP contribution in [0, 0.1) is 0 Å². The summed E-state index contributed by atoms with van der Waals surface area (Å²) in [5.41, 5.74) is 2.48. The average molecular weight is 275 g/mol. The first-order valence-electron chi connectivity index (χ1n) is 6.28. The number of hydrogen-bond donors (Lipinski definition) is 3. The number of carbonyl (C=O) groups excluding carboxylic acids is 1. The third-order valence-corrected chi connectivity index (χ3v) is 3.42. The summed E-state index contributed by atoms with van der Waals surface area (Å²) in [6.45, 7) is 0. The molecule has 0 spiro atoms. The highest BCUT2D eigenvalue weighted by atomic mass is 32.1. The van der Waals surface area contributed by atoms with E-state index in [1.165, 1.54) is 11.1 Å². The molecule has 1 aromatic heterocycles. The number of aryl methyl sites for hydroxylation is 1. The standard InChI is InChI=1S/C11H13NOS.C3H4N2/c13-11(12-14)10-7-3-5-8-4-1-2-6-9(8)10;1-2-4-5-3-1/h1-2,4,6,10,14H,3,5,7H2,(H,12,13);1-3H,(H,4,5). The number of thiol groups is 1. The number of aromatic amines is 1. The Bertz CT molecular complexity index is 496. The maximum absolute atomic E-state index is 11.5. The molecule has 1 aliphatic carbocycles. The normalized spacial score (nSPS) is 16.8. The number of carbonyl (C=O) groups is 1. The molecular formula is C14H17N3OS. The van der Waals surface area contributed by atoms with E-state index in [0.717, 1.165) is 19.3 Å². The van der Waals surface area contributed by atoms with Crippen LogP contribution in [-0.4, -0.2) is 16.1 Å². The van der Waals surface area contributed by atoms with Crippen molar-refractivity contribution < 1.29 is 4.79 Å². The predicted octanol–water partition coefficient (Wildman–Crippen LogP) is 2.48. The van der Waals surface area contributed by atoms with Crippen LogP contribution in [-0.2, 0) is 11.2 Å². The first-order chi connectivity index (χ1) is 9.33. The second kappa shape index (κ2) is 6.99. The van der Waals surface area contributed by atoms with Crippen molar-refractivity contribution >= 4 is 18.7 Å². The molecule has 2 N–H and O–H groups in total. The fourth-order valence-corrected chi connectivity index (χ4v) is 2.48. The zero-order chi connectivity index (χ0) is 13.5. The molecule has 4 nitrogen and oxygen atoms in total. The minimum atomic E-state index is -0.00236. The molecule has 1 unspecified atom stereocenters. The van der Waals surface area contributed by atoms with Gasteiger partial charge in [0, 0.05) is 12.4 Å². The Balaban J connectivity index is 0.000000224.